The van der Waals surface area contributed by atoms with E-state index in [0.717, 1.165) is 13.0 Å². The minimum Gasteiger partial charge on any atom is -0.383 e. The van der Waals surface area contributed by atoms with E-state index in [1.54, 1.807) is 30.5 Å². The van der Waals surface area contributed by atoms with E-state index >= 15 is 0 Å². The number of carbonyl (C=O) groups is 1. The van der Waals surface area contributed by atoms with Gasteiger partial charge in [-0.2, -0.15) is 9.61 Å². The second-order valence-corrected chi connectivity index (χ2v) is 10.9. The molecular weight excluding hydrogens is 537 g/mol. The molecule has 4 aromatic rings. The van der Waals surface area contributed by atoms with Gasteiger partial charge in [0.25, 0.3) is 15.9 Å². The van der Waals surface area contributed by atoms with Crippen LogP contribution in [0.1, 0.15) is 16.8 Å². The lowest BCUT2D eigenvalue weighted by atomic mass is 10.1. The molecule has 2 aromatic carbocycles. The molecule has 0 saturated heterocycles. The average molecular weight is 562 g/mol. The zero-order valence-electron chi connectivity index (χ0n) is 20.1. The van der Waals surface area contributed by atoms with Gasteiger partial charge in [0.15, 0.2) is 5.65 Å². The average Bonchev–Trinajstić information content (AvgIpc) is 3.29. The minimum absolute atomic E-state index is 0.0544. The van der Waals surface area contributed by atoms with Crippen molar-refractivity contribution in [1.29, 1.82) is 0 Å². The normalized spacial score (nSPS) is 11.7. The molecule has 0 saturated carbocycles. The molecule has 0 radical (unpaired) electrons. The number of sulfonamides is 1. The highest BCUT2D eigenvalue weighted by atomic mass is 35.5. The summed E-state index contributed by atoms with van der Waals surface area (Å²) in [6.45, 7) is 1.39. The van der Waals surface area contributed by atoms with Gasteiger partial charge in [0, 0.05) is 24.0 Å². The summed E-state index contributed by atoms with van der Waals surface area (Å²) in [5.74, 6) is 0.0144. The Morgan fingerprint density at radius 2 is 1.84 bits per heavy atom. The van der Waals surface area contributed by atoms with Gasteiger partial charge < -0.3 is 16.0 Å². The number of amides is 1. The molecular formula is C24H25Cl2N7O3S. The first kappa shape index (κ1) is 26.7. The summed E-state index contributed by atoms with van der Waals surface area (Å²) in [7, 11) is -0.0118. The molecule has 0 aliphatic heterocycles. The van der Waals surface area contributed by atoms with Gasteiger partial charge in [0.05, 0.1) is 16.2 Å². The van der Waals surface area contributed by atoms with Crippen molar-refractivity contribution in [3.8, 4) is 11.1 Å². The number of hydrogen-bond acceptors (Lipinski definition) is 7. The Bertz CT molecular complexity index is 1550. The molecule has 13 heteroatoms. The molecule has 4 N–H and O–H groups in total. The second kappa shape index (κ2) is 10.9. The van der Waals surface area contributed by atoms with Gasteiger partial charge in [-0.1, -0.05) is 41.4 Å². The summed E-state index contributed by atoms with van der Waals surface area (Å²) in [6, 6.07) is 10.9. The zero-order valence-corrected chi connectivity index (χ0v) is 22.4. The number of nitrogens with one attached hydrogen (secondary N) is 2. The highest BCUT2D eigenvalue weighted by molar-refractivity contribution is 7.92. The van der Waals surface area contributed by atoms with Gasteiger partial charge >= 0.3 is 0 Å². The number of nitrogens with zero attached hydrogens (tertiary/aromatic N) is 4. The van der Waals surface area contributed by atoms with Crippen LogP contribution in [0.4, 0.5) is 11.5 Å². The number of carbonyl (C=O) groups excluding carboxylic acids is 1. The third-order valence-corrected chi connectivity index (χ3v) is 7.88. The molecule has 0 spiro atoms. The molecule has 0 aliphatic rings. The van der Waals surface area contributed by atoms with E-state index in [0.29, 0.717) is 34.6 Å². The number of fused-ring (bicyclic) bond motifs is 1. The predicted molar refractivity (Wildman–Crippen MR) is 146 cm³/mol. The Morgan fingerprint density at radius 3 is 2.54 bits per heavy atom. The molecule has 2 aromatic heterocycles. The maximum absolute atomic E-state index is 12.8. The first-order valence-electron chi connectivity index (χ1n) is 11.2. The van der Waals surface area contributed by atoms with Crippen molar-refractivity contribution in [2.24, 2.45) is 0 Å². The standard InChI is InChI=1S/C24H25Cl2N7O3S/c1-32(2)12-4-11-28-24(34)18-14-30-33-22(27)17(13-29-23(18)33)15-7-9-16(10-8-15)31-37(35,36)20-6-3-5-19(25)21(20)26/h3,5-10,13-14,31H,4,11-12,27H2,1-2H3,(H,28,34). The van der Waals surface area contributed by atoms with Crippen LogP contribution in [0.5, 0.6) is 0 Å². The lowest BCUT2D eigenvalue weighted by Crippen LogP contribution is -2.27. The zero-order chi connectivity index (χ0) is 26.7. The van der Waals surface area contributed by atoms with Crippen LogP contribution in [0.25, 0.3) is 16.8 Å². The second-order valence-electron chi connectivity index (χ2n) is 8.50. The Labute approximate surface area is 224 Å². The van der Waals surface area contributed by atoms with Gasteiger partial charge in [-0.15, -0.1) is 0 Å². The van der Waals surface area contributed by atoms with Crippen molar-refractivity contribution in [3.63, 3.8) is 0 Å². The maximum Gasteiger partial charge on any atom is 0.263 e. The number of aromatic nitrogens is 3. The fraction of sp³-hybridized carbons (Fsp3) is 0.208. The van der Waals surface area contributed by atoms with E-state index in [4.69, 9.17) is 28.9 Å². The molecule has 37 heavy (non-hydrogen) atoms. The van der Waals surface area contributed by atoms with E-state index in [1.807, 2.05) is 19.0 Å². The summed E-state index contributed by atoms with van der Waals surface area (Å²) >= 11 is 12.0. The third kappa shape index (κ3) is 5.80. The summed E-state index contributed by atoms with van der Waals surface area (Å²) in [6.07, 6.45) is 3.80. The Morgan fingerprint density at radius 1 is 1.11 bits per heavy atom. The lowest BCUT2D eigenvalue weighted by molar-refractivity contribution is 0.0953. The van der Waals surface area contributed by atoms with Gasteiger partial charge in [0.1, 0.15) is 16.3 Å². The van der Waals surface area contributed by atoms with Crippen LogP contribution in [-0.4, -0.2) is 61.0 Å². The van der Waals surface area contributed by atoms with Crippen LogP contribution in [0.3, 0.4) is 0 Å². The van der Waals surface area contributed by atoms with E-state index in [1.165, 1.54) is 28.9 Å². The van der Waals surface area contributed by atoms with Gasteiger partial charge in [-0.25, -0.2) is 13.4 Å². The van der Waals surface area contributed by atoms with E-state index in [9.17, 15) is 13.2 Å². The molecule has 0 fully saturated rings. The molecule has 4 rings (SSSR count). The predicted octanol–water partition coefficient (Wildman–Crippen LogP) is 3.77. The highest BCUT2D eigenvalue weighted by Crippen LogP contribution is 2.31. The number of halogens is 2. The van der Waals surface area contributed by atoms with Gasteiger partial charge in [0.2, 0.25) is 0 Å². The number of anilines is 2. The third-order valence-electron chi connectivity index (χ3n) is 5.53. The fourth-order valence-electron chi connectivity index (χ4n) is 3.64. The maximum atomic E-state index is 12.8. The quantitative estimate of drug-likeness (QED) is 0.265. The van der Waals surface area contributed by atoms with Crippen LogP contribution in [0, 0.1) is 0 Å². The van der Waals surface area contributed by atoms with Crippen molar-refractivity contribution in [1.82, 2.24) is 24.8 Å². The highest BCUT2D eigenvalue weighted by Gasteiger charge is 2.20. The van der Waals surface area contributed by atoms with Gasteiger partial charge in [-0.3, -0.25) is 9.52 Å². The topological polar surface area (TPSA) is 135 Å². The summed E-state index contributed by atoms with van der Waals surface area (Å²) in [5.41, 5.74) is 8.59. The molecule has 0 aliphatic carbocycles. The Hall–Kier alpha value is -3.38. The molecule has 0 unspecified atom stereocenters. The number of hydrogen-bond donors (Lipinski definition) is 3. The molecule has 194 valence electrons. The summed E-state index contributed by atoms with van der Waals surface area (Å²) in [5, 5.41) is 7.20. The van der Waals surface area contributed by atoms with Crippen LogP contribution >= 0.6 is 23.2 Å². The van der Waals surface area contributed by atoms with E-state index in [2.05, 4.69) is 20.1 Å². The van der Waals surface area contributed by atoms with Crippen molar-refractivity contribution < 1.29 is 13.2 Å². The number of nitrogen functional groups attached to an aromatic ring is 1. The van der Waals surface area contributed by atoms with Crippen LogP contribution in [-0.2, 0) is 10.0 Å². The monoisotopic (exact) mass is 561 g/mol. The number of nitrogens with two attached hydrogens (primary N) is 1. The van der Waals surface area contributed by atoms with E-state index < -0.39 is 10.0 Å². The SMILES string of the molecule is CN(C)CCCNC(=O)c1cnn2c(N)c(-c3ccc(NS(=O)(=O)c4cccc(Cl)c4Cl)cc3)cnc12. The molecule has 0 atom stereocenters. The molecule has 10 nitrogen and oxygen atoms in total. The van der Waals surface area contributed by atoms with Crippen LogP contribution in [0.2, 0.25) is 10.0 Å². The minimum atomic E-state index is -3.96. The summed E-state index contributed by atoms with van der Waals surface area (Å²) in [4.78, 5) is 18.9. The van der Waals surface area contributed by atoms with Crippen LogP contribution in [0.15, 0.2) is 59.8 Å². The molecule has 1 amide bonds. The number of benzene rings is 2. The van der Waals surface area contributed by atoms with Crippen molar-refractivity contribution in [2.75, 3.05) is 37.6 Å². The smallest absolute Gasteiger partial charge is 0.263 e. The van der Waals surface area contributed by atoms with Crippen molar-refractivity contribution in [3.05, 3.63) is 70.5 Å². The summed E-state index contributed by atoms with van der Waals surface area (Å²) < 4.78 is 29.4. The first-order chi connectivity index (χ1) is 17.6. The van der Waals surface area contributed by atoms with Crippen LogP contribution < -0.4 is 15.8 Å². The largest absolute Gasteiger partial charge is 0.383 e. The molecule has 0 bridgehead atoms. The first-order valence-corrected chi connectivity index (χ1v) is 13.4. The fourth-order valence-corrected chi connectivity index (χ4v) is 5.46. The Kier molecular flexibility index (Phi) is 7.88. The lowest BCUT2D eigenvalue weighted by Gasteiger charge is -2.12. The molecule has 2 heterocycles. The van der Waals surface area contributed by atoms with Crippen molar-refractivity contribution in [2.45, 2.75) is 11.3 Å². The van der Waals surface area contributed by atoms with Gasteiger partial charge in [-0.05, 0) is 56.9 Å². The Balaban J connectivity index is 1.53. The van der Waals surface area contributed by atoms with Crippen molar-refractivity contribution >= 4 is 56.3 Å². The van der Waals surface area contributed by atoms with E-state index in [-0.39, 0.29) is 26.7 Å². The number of rotatable bonds is 9.